The second-order valence-electron chi connectivity index (χ2n) is 15.1. The van der Waals surface area contributed by atoms with Crippen molar-refractivity contribution in [3.63, 3.8) is 0 Å². The molecule has 1 aliphatic carbocycles. The molecule has 2 amide bonds. The number of aryl methyl sites for hydroxylation is 1. The molecular formula is C43H39ClF3N9O5. The van der Waals surface area contributed by atoms with Crippen LogP contribution in [0.15, 0.2) is 65.7 Å². The molecule has 0 spiro atoms. The molecule has 6 aromatic rings. The predicted molar refractivity (Wildman–Crippen MR) is 219 cm³/mol. The van der Waals surface area contributed by atoms with Gasteiger partial charge in [-0.1, -0.05) is 61.0 Å². The van der Waals surface area contributed by atoms with E-state index in [0.29, 0.717) is 54.3 Å². The Balaban J connectivity index is 1.04. The minimum Gasteiger partial charge on any atom is -0.485 e. The van der Waals surface area contributed by atoms with E-state index in [-0.39, 0.29) is 90.9 Å². The van der Waals surface area contributed by atoms with E-state index in [1.807, 2.05) is 60.4 Å². The van der Waals surface area contributed by atoms with Crippen LogP contribution < -0.4 is 20.5 Å². The third kappa shape index (κ3) is 7.45. The average molecular weight is 854 g/mol. The van der Waals surface area contributed by atoms with Gasteiger partial charge in [0.1, 0.15) is 25.2 Å². The number of aromatic nitrogens is 6. The molecule has 3 aromatic heterocycles. The van der Waals surface area contributed by atoms with Gasteiger partial charge in [0.15, 0.2) is 17.3 Å². The van der Waals surface area contributed by atoms with Crippen molar-refractivity contribution in [3.8, 4) is 17.1 Å². The minimum atomic E-state index is -4.59. The van der Waals surface area contributed by atoms with Crippen molar-refractivity contribution in [2.75, 3.05) is 36.4 Å². The molecule has 3 aromatic carbocycles. The first-order valence-electron chi connectivity index (χ1n) is 19.9. The molecule has 0 bridgehead atoms. The fraction of sp³-hybridized carbons (Fsp3) is 0.326. The van der Waals surface area contributed by atoms with Gasteiger partial charge in [0.05, 0.1) is 40.9 Å². The number of nitrogens with one attached hydrogen (secondary N) is 1. The summed E-state index contributed by atoms with van der Waals surface area (Å²) < 4.78 is 55.8. The zero-order valence-electron chi connectivity index (χ0n) is 33.2. The molecule has 1 fully saturated rings. The Morgan fingerprint density at radius 3 is 2.44 bits per heavy atom. The molecule has 18 heteroatoms. The molecule has 3 aliphatic rings. The maximum atomic E-state index is 14.6. The zero-order chi connectivity index (χ0) is 42.6. The second-order valence-corrected chi connectivity index (χ2v) is 15.5. The second kappa shape index (κ2) is 15.9. The van der Waals surface area contributed by atoms with Crippen LogP contribution in [-0.4, -0.2) is 72.0 Å². The van der Waals surface area contributed by atoms with Crippen LogP contribution >= 0.6 is 11.6 Å². The monoisotopic (exact) mass is 853 g/mol. The van der Waals surface area contributed by atoms with Crippen molar-refractivity contribution in [2.24, 2.45) is 0 Å². The van der Waals surface area contributed by atoms with Crippen molar-refractivity contribution >= 4 is 40.6 Å². The Kier molecular flexibility index (Phi) is 10.5. The van der Waals surface area contributed by atoms with Gasteiger partial charge in [-0.05, 0) is 66.1 Å². The van der Waals surface area contributed by atoms with E-state index >= 15 is 0 Å². The van der Waals surface area contributed by atoms with Crippen LogP contribution in [0, 0.1) is 6.92 Å². The van der Waals surface area contributed by atoms with Gasteiger partial charge in [-0.3, -0.25) is 14.4 Å². The number of fused-ring (bicyclic) bond motifs is 3. The normalized spacial score (nSPS) is 14.8. The van der Waals surface area contributed by atoms with Crippen LogP contribution in [0.2, 0.25) is 5.02 Å². The molecule has 1 N–H and O–H groups in total. The highest BCUT2D eigenvalue weighted by Gasteiger charge is 2.39. The maximum absolute atomic E-state index is 14.6. The molecular weight excluding hydrogens is 815 g/mol. The average Bonchev–Trinajstić information content (AvgIpc) is 3.91. The summed E-state index contributed by atoms with van der Waals surface area (Å²) in [6.07, 6.45) is -2.42. The van der Waals surface area contributed by atoms with Crippen molar-refractivity contribution in [1.29, 1.82) is 0 Å². The number of carbonyl (C=O) groups is 2. The highest BCUT2D eigenvalue weighted by molar-refractivity contribution is 6.34. The van der Waals surface area contributed by atoms with Crippen LogP contribution in [0.4, 0.5) is 24.5 Å². The topological polar surface area (TPSA) is 149 Å². The summed E-state index contributed by atoms with van der Waals surface area (Å²) in [7, 11) is 0. The number of anilines is 2. The van der Waals surface area contributed by atoms with E-state index in [1.54, 1.807) is 16.4 Å². The molecule has 5 heterocycles. The number of halogens is 4. The van der Waals surface area contributed by atoms with Crippen molar-refractivity contribution in [3.05, 3.63) is 127 Å². The molecule has 0 atom stereocenters. The molecule has 0 radical (unpaired) electrons. The number of rotatable bonds is 10. The van der Waals surface area contributed by atoms with Crippen molar-refractivity contribution in [2.45, 2.75) is 65.7 Å². The lowest BCUT2D eigenvalue weighted by Crippen LogP contribution is -2.51. The summed E-state index contributed by atoms with van der Waals surface area (Å²) in [6.45, 7) is 5.37. The van der Waals surface area contributed by atoms with Crippen LogP contribution in [0.25, 0.3) is 17.2 Å². The van der Waals surface area contributed by atoms with Gasteiger partial charge in [-0.2, -0.15) is 22.7 Å². The number of hydrogen-bond acceptors (Lipinski definition) is 10. The quantitative estimate of drug-likeness (QED) is 0.169. The fourth-order valence-corrected chi connectivity index (χ4v) is 8.52. The highest BCUT2D eigenvalue weighted by Crippen LogP contribution is 2.45. The Hall–Kier alpha value is -6.33. The summed E-state index contributed by atoms with van der Waals surface area (Å²) in [5.74, 6) is -0.264. The van der Waals surface area contributed by atoms with E-state index in [0.717, 1.165) is 22.8 Å². The van der Waals surface area contributed by atoms with Crippen LogP contribution in [0.5, 0.6) is 5.75 Å². The Morgan fingerprint density at radius 1 is 0.967 bits per heavy atom. The van der Waals surface area contributed by atoms with Crippen LogP contribution in [0.3, 0.4) is 0 Å². The number of amides is 2. The standard InChI is InChI=1S/C43H39ClF3N9O5/c1-3-33-37(53-13-15-54(16-14-53)40(58)36-38(24(2)48-23-49-36)61-20-25-7-5-4-6-8-25)41(59)56-42(51-39(52-56)26-9-10-27-21-60-22-28(27)17-26)55(33)19-34(57)50-35-30-12-11-29(30)31(18-32(35)44)43(45,46)47/h4-10,17-18,23H,3,11-16,19-22H2,1-2H3,(H,50,57). The molecule has 14 nitrogen and oxygen atoms in total. The van der Waals surface area contributed by atoms with Gasteiger partial charge >= 0.3 is 6.18 Å². The summed E-state index contributed by atoms with van der Waals surface area (Å²) in [4.78, 5) is 59.4. The number of hydrogen-bond donors (Lipinski definition) is 1. The Labute approximate surface area is 351 Å². The summed E-state index contributed by atoms with van der Waals surface area (Å²) in [5, 5.41) is 7.22. The molecule has 2 aliphatic heterocycles. The first kappa shape index (κ1) is 40.1. The molecule has 61 heavy (non-hydrogen) atoms. The van der Waals surface area contributed by atoms with E-state index in [2.05, 4.69) is 20.4 Å². The highest BCUT2D eigenvalue weighted by atomic mass is 35.5. The van der Waals surface area contributed by atoms with E-state index in [1.165, 1.54) is 10.8 Å². The lowest BCUT2D eigenvalue weighted by Gasteiger charge is -2.36. The van der Waals surface area contributed by atoms with Gasteiger partial charge in [-0.25, -0.2) is 9.97 Å². The van der Waals surface area contributed by atoms with E-state index < -0.39 is 23.2 Å². The first-order chi connectivity index (χ1) is 29.4. The third-order valence-electron chi connectivity index (χ3n) is 11.4. The van der Waals surface area contributed by atoms with Crippen LogP contribution in [-0.2, 0) is 61.3 Å². The number of nitrogens with zero attached hydrogens (tertiary/aromatic N) is 8. The molecule has 0 saturated carbocycles. The molecule has 0 unspecified atom stereocenters. The van der Waals surface area contributed by atoms with Gasteiger partial charge in [0, 0.05) is 31.7 Å². The Bertz CT molecular complexity index is 2790. The van der Waals surface area contributed by atoms with Gasteiger partial charge in [0.25, 0.3) is 11.5 Å². The Morgan fingerprint density at radius 2 is 1.72 bits per heavy atom. The van der Waals surface area contributed by atoms with E-state index in [9.17, 15) is 27.6 Å². The predicted octanol–water partition coefficient (Wildman–Crippen LogP) is 6.20. The van der Waals surface area contributed by atoms with Crippen molar-refractivity contribution < 1.29 is 32.2 Å². The smallest absolute Gasteiger partial charge is 0.416 e. The van der Waals surface area contributed by atoms with Gasteiger partial charge in [0.2, 0.25) is 11.7 Å². The number of piperazine rings is 1. The maximum Gasteiger partial charge on any atom is 0.416 e. The molecule has 314 valence electrons. The SMILES string of the molecule is CCc1c(N2CCN(C(=O)c3ncnc(C)c3OCc3ccccc3)CC2)c(=O)n2nc(-c3ccc4c(c3)COC4)nc2n1CC(=O)Nc1c(Cl)cc(C(F)(F)F)c2c1CC2. The molecule has 1 saturated heterocycles. The number of ether oxygens (including phenoxy) is 2. The summed E-state index contributed by atoms with van der Waals surface area (Å²) >= 11 is 6.39. The van der Waals surface area contributed by atoms with E-state index in [4.69, 9.17) is 26.1 Å². The first-order valence-corrected chi connectivity index (χ1v) is 20.2. The lowest BCUT2D eigenvalue weighted by molar-refractivity contribution is -0.138. The number of benzene rings is 3. The summed E-state index contributed by atoms with van der Waals surface area (Å²) in [6, 6.07) is 16.1. The zero-order valence-corrected chi connectivity index (χ0v) is 33.9. The van der Waals surface area contributed by atoms with Crippen molar-refractivity contribution in [1.82, 2.24) is 34.0 Å². The van der Waals surface area contributed by atoms with Crippen LogP contribution in [0.1, 0.15) is 62.2 Å². The largest absolute Gasteiger partial charge is 0.485 e. The molecule has 9 rings (SSSR count). The van der Waals surface area contributed by atoms with Gasteiger partial charge < -0.3 is 29.2 Å². The van der Waals surface area contributed by atoms with Gasteiger partial charge in [-0.15, -0.1) is 5.10 Å². The third-order valence-corrected chi connectivity index (χ3v) is 11.7. The minimum absolute atomic E-state index is 0.106. The number of carbonyl (C=O) groups excluding carboxylic acids is 2. The summed E-state index contributed by atoms with van der Waals surface area (Å²) in [5.41, 5.74) is 4.35. The fourth-order valence-electron chi connectivity index (χ4n) is 8.25. The number of alkyl halides is 3. The lowest BCUT2D eigenvalue weighted by atomic mass is 9.83.